The van der Waals surface area contributed by atoms with Gasteiger partial charge in [-0.1, -0.05) is 38.1 Å². The number of anilines is 1. The van der Waals surface area contributed by atoms with Crippen LogP contribution in [0.4, 0.5) is 10.2 Å². The Hall–Kier alpha value is -4.01. The lowest BCUT2D eigenvalue weighted by molar-refractivity contribution is -0.123. The molecule has 1 amide bonds. The molecular weight excluding hydrogens is 435 g/mol. The molecule has 0 saturated heterocycles. The number of nitrogens with zero attached hydrogens (tertiary/aromatic N) is 4. The van der Waals surface area contributed by atoms with E-state index in [9.17, 15) is 9.18 Å². The number of aromatic nitrogens is 4. The van der Waals surface area contributed by atoms with Crippen molar-refractivity contribution in [3.05, 3.63) is 78.0 Å². The van der Waals surface area contributed by atoms with E-state index in [0.717, 1.165) is 10.9 Å². The smallest absolute Gasteiger partial charge is 0.258 e. The predicted octanol–water partition coefficient (Wildman–Crippen LogP) is 3.90. The van der Waals surface area contributed by atoms with Crippen molar-refractivity contribution in [1.82, 2.24) is 25.1 Å². The molecule has 0 unspecified atom stereocenters. The predicted molar refractivity (Wildman–Crippen MR) is 128 cm³/mol. The molecular formula is C25H27FN6O2. The van der Waals surface area contributed by atoms with Crippen molar-refractivity contribution in [3.8, 4) is 5.75 Å². The molecule has 0 radical (unpaired) electrons. The molecule has 2 N–H and O–H groups in total. The van der Waals surface area contributed by atoms with Gasteiger partial charge in [-0.15, -0.1) is 0 Å². The zero-order valence-corrected chi connectivity index (χ0v) is 19.2. The van der Waals surface area contributed by atoms with Gasteiger partial charge < -0.3 is 15.4 Å². The molecule has 0 fully saturated rings. The first-order valence-electron chi connectivity index (χ1n) is 11.1. The van der Waals surface area contributed by atoms with Crippen LogP contribution in [0.2, 0.25) is 0 Å². The molecule has 0 saturated carbocycles. The standard InChI is InChI=1S/C25H27FN6O2/c1-17(2)19-5-9-21(10-6-19)34-15-23(33)27-11-12-32-25-22(14-31-32)24(29-16-30-25)28-13-18-3-7-20(26)8-4-18/h3-10,14,16-17H,11-13,15H2,1-2H3,(H,27,33)(H,28,29,30). The highest BCUT2D eigenvalue weighted by atomic mass is 19.1. The Morgan fingerprint density at radius 1 is 1.09 bits per heavy atom. The molecule has 9 heteroatoms. The zero-order valence-electron chi connectivity index (χ0n) is 19.2. The highest BCUT2D eigenvalue weighted by Gasteiger charge is 2.10. The van der Waals surface area contributed by atoms with Gasteiger partial charge in [-0.3, -0.25) is 4.79 Å². The summed E-state index contributed by atoms with van der Waals surface area (Å²) in [6.07, 6.45) is 3.15. The van der Waals surface area contributed by atoms with Crippen LogP contribution < -0.4 is 15.4 Å². The Morgan fingerprint density at radius 2 is 1.85 bits per heavy atom. The summed E-state index contributed by atoms with van der Waals surface area (Å²) in [5.74, 6) is 1.27. The first kappa shape index (κ1) is 23.2. The molecule has 2 aromatic carbocycles. The van der Waals surface area contributed by atoms with Gasteiger partial charge in [-0.25, -0.2) is 19.0 Å². The molecule has 0 spiro atoms. The SMILES string of the molecule is CC(C)c1ccc(OCC(=O)NCCn2ncc3c(NCc4ccc(F)cc4)ncnc32)cc1. The first-order valence-corrected chi connectivity index (χ1v) is 11.1. The number of fused-ring (bicyclic) bond motifs is 1. The lowest BCUT2D eigenvalue weighted by atomic mass is 10.0. The summed E-state index contributed by atoms with van der Waals surface area (Å²) in [6, 6.07) is 14.0. The quantitative estimate of drug-likeness (QED) is 0.371. The van der Waals surface area contributed by atoms with E-state index in [0.29, 0.717) is 42.8 Å². The normalized spacial score (nSPS) is 11.1. The number of carbonyl (C=O) groups excluding carboxylic acids is 1. The minimum atomic E-state index is -0.270. The molecule has 4 rings (SSSR count). The second kappa shape index (κ2) is 10.7. The summed E-state index contributed by atoms with van der Waals surface area (Å²) in [7, 11) is 0. The number of rotatable bonds is 10. The lowest BCUT2D eigenvalue weighted by Crippen LogP contribution is -2.31. The average molecular weight is 463 g/mol. The Kier molecular flexibility index (Phi) is 7.31. The van der Waals surface area contributed by atoms with Crippen LogP contribution in [0.3, 0.4) is 0 Å². The maximum Gasteiger partial charge on any atom is 0.258 e. The summed E-state index contributed by atoms with van der Waals surface area (Å²) in [6.45, 7) is 5.53. The zero-order chi connectivity index (χ0) is 23.9. The van der Waals surface area contributed by atoms with Gasteiger partial charge in [-0.05, 0) is 41.3 Å². The second-order valence-corrected chi connectivity index (χ2v) is 8.17. The molecule has 0 atom stereocenters. The molecule has 2 heterocycles. The molecule has 4 aromatic rings. The van der Waals surface area contributed by atoms with Crippen molar-refractivity contribution in [1.29, 1.82) is 0 Å². The highest BCUT2D eigenvalue weighted by molar-refractivity contribution is 5.86. The topological polar surface area (TPSA) is 94.0 Å². The molecule has 0 aliphatic heterocycles. The maximum absolute atomic E-state index is 13.1. The summed E-state index contributed by atoms with van der Waals surface area (Å²) in [5, 5.41) is 11.2. The van der Waals surface area contributed by atoms with Gasteiger partial charge in [-0.2, -0.15) is 5.10 Å². The van der Waals surface area contributed by atoms with Crippen LogP contribution in [-0.4, -0.2) is 38.8 Å². The summed E-state index contributed by atoms with van der Waals surface area (Å²) in [4.78, 5) is 20.8. The van der Waals surface area contributed by atoms with E-state index in [4.69, 9.17) is 4.74 Å². The van der Waals surface area contributed by atoms with Crippen LogP contribution in [0.15, 0.2) is 61.1 Å². The molecule has 2 aromatic heterocycles. The van der Waals surface area contributed by atoms with Gasteiger partial charge in [0.25, 0.3) is 5.91 Å². The van der Waals surface area contributed by atoms with E-state index in [1.165, 1.54) is 24.0 Å². The van der Waals surface area contributed by atoms with Crippen molar-refractivity contribution in [2.45, 2.75) is 32.9 Å². The van der Waals surface area contributed by atoms with Gasteiger partial charge >= 0.3 is 0 Å². The second-order valence-electron chi connectivity index (χ2n) is 8.17. The van der Waals surface area contributed by atoms with Gasteiger partial charge in [0.2, 0.25) is 0 Å². The Bertz CT molecular complexity index is 1240. The molecule has 0 aliphatic carbocycles. The minimum Gasteiger partial charge on any atom is -0.484 e. The van der Waals surface area contributed by atoms with Crippen molar-refractivity contribution in [2.24, 2.45) is 0 Å². The van der Waals surface area contributed by atoms with Crippen LogP contribution in [0.25, 0.3) is 11.0 Å². The number of amides is 1. The Labute approximate surface area is 197 Å². The third kappa shape index (κ3) is 5.86. The van der Waals surface area contributed by atoms with Gasteiger partial charge in [0, 0.05) is 13.1 Å². The monoisotopic (exact) mass is 462 g/mol. The largest absolute Gasteiger partial charge is 0.484 e. The third-order valence-electron chi connectivity index (χ3n) is 5.37. The number of hydrogen-bond acceptors (Lipinski definition) is 6. The van der Waals surface area contributed by atoms with E-state index < -0.39 is 0 Å². The van der Waals surface area contributed by atoms with Gasteiger partial charge in [0.1, 0.15) is 23.7 Å². The van der Waals surface area contributed by atoms with Gasteiger partial charge in [0.15, 0.2) is 12.3 Å². The number of nitrogens with one attached hydrogen (secondary N) is 2. The van der Waals surface area contributed by atoms with Crippen molar-refractivity contribution < 1.29 is 13.9 Å². The van der Waals surface area contributed by atoms with E-state index in [1.54, 1.807) is 23.0 Å². The van der Waals surface area contributed by atoms with E-state index in [-0.39, 0.29) is 18.3 Å². The van der Waals surface area contributed by atoms with Crippen molar-refractivity contribution >= 4 is 22.8 Å². The van der Waals surface area contributed by atoms with E-state index in [2.05, 4.69) is 39.5 Å². The third-order valence-corrected chi connectivity index (χ3v) is 5.37. The van der Waals surface area contributed by atoms with Crippen LogP contribution in [0, 0.1) is 5.82 Å². The molecule has 34 heavy (non-hydrogen) atoms. The first-order chi connectivity index (χ1) is 16.5. The van der Waals surface area contributed by atoms with Crippen molar-refractivity contribution in [3.63, 3.8) is 0 Å². The summed E-state index contributed by atoms with van der Waals surface area (Å²) in [5.41, 5.74) is 2.81. The minimum absolute atomic E-state index is 0.0551. The number of carbonyl (C=O) groups is 1. The fourth-order valence-electron chi connectivity index (χ4n) is 3.44. The molecule has 176 valence electrons. The lowest BCUT2D eigenvalue weighted by Gasteiger charge is -2.10. The highest BCUT2D eigenvalue weighted by Crippen LogP contribution is 2.20. The van der Waals surface area contributed by atoms with Crippen LogP contribution in [0.5, 0.6) is 5.75 Å². The fourth-order valence-corrected chi connectivity index (χ4v) is 3.44. The maximum atomic E-state index is 13.1. The molecule has 0 bridgehead atoms. The Morgan fingerprint density at radius 3 is 2.59 bits per heavy atom. The van der Waals surface area contributed by atoms with Crippen LogP contribution >= 0.6 is 0 Å². The average Bonchev–Trinajstić information content (AvgIpc) is 3.26. The number of benzene rings is 2. The Balaban J connectivity index is 1.27. The van der Waals surface area contributed by atoms with Crippen LogP contribution in [0.1, 0.15) is 30.9 Å². The number of hydrogen-bond donors (Lipinski definition) is 2. The van der Waals surface area contributed by atoms with E-state index >= 15 is 0 Å². The van der Waals surface area contributed by atoms with Crippen LogP contribution in [-0.2, 0) is 17.9 Å². The van der Waals surface area contributed by atoms with E-state index in [1.807, 2.05) is 24.3 Å². The summed E-state index contributed by atoms with van der Waals surface area (Å²) >= 11 is 0. The number of halogens is 1. The number of ether oxygens (including phenoxy) is 1. The molecule has 0 aliphatic rings. The fraction of sp³-hybridized carbons (Fsp3) is 0.280. The van der Waals surface area contributed by atoms with Crippen molar-refractivity contribution in [2.75, 3.05) is 18.5 Å². The van der Waals surface area contributed by atoms with Gasteiger partial charge in [0.05, 0.1) is 18.1 Å². The summed E-state index contributed by atoms with van der Waals surface area (Å²) < 4.78 is 20.4. The molecule has 8 nitrogen and oxygen atoms in total.